The quantitative estimate of drug-likeness (QED) is 0.211. The highest BCUT2D eigenvalue weighted by atomic mass is 32.1. The highest BCUT2D eigenvalue weighted by Crippen LogP contribution is 2.44. The van der Waals surface area contributed by atoms with Crippen molar-refractivity contribution < 1.29 is 33.7 Å². The Hall–Kier alpha value is -4.18. The van der Waals surface area contributed by atoms with Gasteiger partial charge in [-0.2, -0.15) is 0 Å². The second kappa shape index (κ2) is 9.94. The van der Waals surface area contributed by atoms with Gasteiger partial charge in [-0.25, -0.2) is 9.78 Å². The molecule has 0 saturated carbocycles. The Morgan fingerprint density at radius 2 is 1.95 bits per heavy atom. The van der Waals surface area contributed by atoms with Gasteiger partial charge in [0.2, 0.25) is 0 Å². The zero-order chi connectivity index (χ0) is 27.1. The molecule has 3 aromatic rings. The molecule has 3 heterocycles. The molecule has 10 heteroatoms. The number of thiazole rings is 1. The van der Waals surface area contributed by atoms with Gasteiger partial charge in [0.25, 0.3) is 5.78 Å². The van der Waals surface area contributed by atoms with E-state index in [1.165, 1.54) is 12.0 Å². The second-order valence-corrected chi connectivity index (χ2v) is 10.0. The number of carbonyl (C=O) groups is 3. The highest BCUT2D eigenvalue weighted by Gasteiger charge is 2.48. The number of amides is 1. The molecule has 2 aliphatic heterocycles. The van der Waals surface area contributed by atoms with Crippen molar-refractivity contribution in [2.24, 2.45) is 0 Å². The lowest BCUT2D eigenvalue weighted by Gasteiger charge is -2.23. The summed E-state index contributed by atoms with van der Waals surface area (Å²) in [5.74, 6) is -1.23. The Labute approximate surface area is 223 Å². The SMILES string of the molecule is CCOC(=O)c1sc(N2C(=O)C(=O)C(=C(O)c3ccc4c(c3)CC(C)O4)C2c2ccc(OC)cc2)nc1C. The maximum atomic E-state index is 13.5. The van der Waals surface area contributed by atoms with Crippen LogP contribution in [0.15, 0.2) is 48.0 Å². The minimum atomic E-state index is -0.982. The van der Waals surface area contributed by atoms with E-state index in [-0.39, 0.29) is 34.1 Å². The second-order valence-electron chi connectivity index (χ2n) is 9.03. The van der Waals surface area contributed by atoms with Crippen LogP contribution in [-0.2, 0) is 20.7 Å². The lowest BCUT2D eigenvalue weighted by Crippen LogP contribution is -2.29. The smallest absolute Gasteiger partial charge is 0.350 e. The third kappa shape index (κ3) is 4.30. The van der Waals surface area contributed by atoms with E-state index in [9.17, 15) is 19.5 Å². The monoisotopic (exact) mass is 534 g/mol. The first-order valence-electron chi connectivity index (χ1n) is 12.1. The normalized spacial score (nSPS) is 19.8. The van der Waals surface area contributed by atoms with Gasteiger partial charge in [-0.1, -0.05) is 23.5 Å². The Morgan fingerprint density at radius 1 is 1.21 bits per heavy atom. The molecule has 2 unspecified atom stereocenters. The number of ketones is 1. The fraction of sp³-hybridized carbons (Fsp3) is 0.286. The average molecular weight is 535 g/mol. The third-order valence-electron chi connectivity index (χ3n) is 6.50. The summed E-state index contributed by atoms with van der Waals surface area (Å²) in [7, 11) is 1.54. The molecule has 0 spiro atoms. The summed E-state index contributed by atoms with van der Waals surface area (Å²) < 4.78 is 16.1. The molecule has 196 valence electrons. The van der Waals surface area contributed by atoms with Crippen molar-refractivity contribution in [1.29, 1.82) is 0 Å². The molecule has 1 aromatic heterocycles. The average Bonchev–Trinajstić information content (AvgIpc) is 3.55. The van der Waals surface area contributed by atoms with Crippen LogP contribution >= 0.6 is 11.3 Å². The van der Waals surface area contributed by atoms with Gasteiger partial charge in [-0.15, -0.1) is 0 Å². The fourth-order valence-electron chi connectivity index (χ4n) is 4.73. The van der Waals surface area contributed by atoms with Crippen LogP contribution in [0, 0.1) is 6.92 Å². The first-order chi connectivity index (χ1) is 18.2. The number of aliphatic hydroxyl groups excluding tert-OH is 1. The van der Waals surface area contributed by atoms with Gasteiger partial charge >= 0.3 is 11.9 Å². The van der Waals surface area contributed by atoms with Crippen molar-refractivity contribution in [2.45, 2.75) is 39.3 Å². The highest BCUT2D eigenvalue weighted by molar-refractivity contribution is 7.17. The van der Waals surface area contributed by atoms with E-state index in [1.807, 2.05) is 6.92 Å². The van der Waals surface area contributed by atoms with Crippen LogP contribution in [0.1, 0.15) is 51.9 Å². The van der Waals surface area contributed by atoms with Gasteiger partial charge in [0.1, 0.15) is 28.2 Å². The van der Waals surface area contributed by atoms with Gasteiger partial charge in [0, 0.05) is 12.0 Å². The molecule has 2 aliphatic rings. The topological polar surface area (TPSA) is 115 Å². The van der Waals surface area contributed by atoms with E-state index in [0.29, 0.717) is 29.0 Å². The van der Waals surface area contributed by atoms with Gasteiger partial charge in [0.05, 0.1) is 31.0 Å². The van der Waals surface area contributed by atoms with E-state index in [1.54, 1.807) is 56.3 Å². The van der Waals surface area contributed by atoms with Crippen LogP contribution in [0.5, 0.6) is 11.5 Å². The number of aliphatic hydroxyl groups is 1. The van der Waals surface area contributed by atoms with Crippen molar-refractivity contribution in [2.75, 3.05) is 18.6 Å². The molecule has 2 aromatic carbocycles. The molecule has 0 bridgehead atoms. The van der Waals surface area contributed by atoms with Crippen LogP contribution in [0.25, 0.3) is 5.76 Å². The lowest BCUT2D eigenvalue weighted by atomic mass is 9.94. The molecule has 1 saturated heterocycles. The minimum Gasteiger partial charge on any atom is -0.507 e. The number of benzene rings is 2. The van der Waals surface area contributed by atoms with E-state index in [2.05, 4.69) is 4.98 Å². The number of nitrogens with zero attached hydrogens (tertiary/aromatic N) is 2. The van der Waals surface area contributed by atoms with Crippen LogP contribution in [0.3, 0.4) is 0 Å². The van der Waals surface area contributed by atoms with Gasteiger partial charge in [0.15, 0.2) is 5.13 Å². The van der Waals surface area contributed by atoms with Crippen LogP contribution in [-0.4, -0.2) is 47.6 Å². The maximum Gasteiger partial charge on any atom is 0.350 e. The number of aryl methyl sites for hydroxylation is 1. The number of methoxy groups -OCH3 is 1. The number of Topliss-reactive ketones (excluding diaryl/α,β-unsaturated/α-hetero) is 1. The molecule has 38 heavy (non-hydrogen) atoms. The van der Waals surface area contributed by atoms with Gasteiger partial charge in [-0.3, -0.25) is 14.5 Å². The number of esters is 1. The summed E-state index contributed by atoms with van der Waals surface area (Å²) in [6, 6.07) is 11.1. The zero-order valence-electron chi connectivity index (χ0n) is 21.3. The van der Waals surface area contributed by atoms with Crippen molar-refractivity contribution in [3.63, 3.8) is 0 Å². The zero-order valence-corrected chi connectivity index (χ0v) is 22.1. The van der Waals surface area contributed by atoms with E-state index in [4.69, 9.17) is 14.2 Å². The molecule has 1 amide bonds. The number of hydrogen-bond acceptors (Lipinski definition) is 9. The standard InChI is InChI=1S/C28H26N2O7S/c1-5-36-27(34)25-15(3)29-28(38-25)30-22(16-6-9-19(35-4)10-7-16)21(24(32)26(30)33)23(31)17-8-11-20-18(13-17)12-14(2)37-20/h6-11,13-14,22,31H,5,12H2,1-4H3. The third-order valence-corrected chi connectivity index (χ3v) is 7.63. The number of carbonyl (C=O) groups excluding carboxylic acids is 3. The molecule has 1 N–H and O–H groups in total. The van der Waals surface area contributed by atoms with Crippen molar-refractivity contribution in [3.8, 4) is 11.5 Å². The number of ether oxygens (including phenoxy) is 3. The van der Waals surface area contributed by atoms with Crippen molar-refractivity contribution in [3.05, 3.63) is 75.3 Å². The van der Waals surface area contributed by atoms with Gasteiger partial charge < -0.3 is 19.3 Å². The van der Waals surface area contributed by atoms with Crippen molar-refractivity contribution in [1.82, 2.24) is 4.98 Å². The maximum absolute atomic E-state index is 13.5. The molecular weight excluding hydrogens is 508 g/mol. The Morgan fingerprint density at radius 3 is 2.63 bits per heavy atom. The van der Waals surface area contributed by atoms with Crippen LogP contribution < -0.4 is 14.4 Å². The Kier molecular flexibility index (Phi) is 6.66. The van der Waals surface area contributed by atoms with Gasteiger partial charge in [-0.05, 0) is 62.2 Å². The number of fused-ring (bicyclic) bond motifs is 1. The van der Waals surface area contributed by atoms with E-state index >= 15 is 0 Å². The Balaban J connectivity index is 1.66. The number of aromatic nitrogens is 1. The summed E-state index contributed by atoms with van der Waals surface area (Å²) in [5.41, 5.74) is 2.19. The lowest BCUT2D eigenvalue weighted by molar-refractivity contribution is -0.132. The molecule has 0 radical (unpaired) electrons. The largest absolute Gasteiger partial charge is 0.507 e. The first-order valence-corrected chi connectivity index (χ1v) is 12.9. The predicted octanol–water partition coefficient (Wildman–Crippen LogP) is 4.59. The Bertz CT molecular complexity index is 1470. The molecular formula is C28H26N2O7S. The van der Waals surface area contributed by atoms with Crippen LogP contribution in [0.2, 0.25) is 0 Å². The number of rotatable bonds is 6. The fourth-order valence-corrected chi connectivity index (χ4v) is 5.71. The molecule has 5 rings (SSSR count). The number of hydrogen-bond donors (Lipinski definition) is 1. The van der Waals surface area contributed by atoms with E-state index in [0.717, 1.165) is 22.6 Å². The van der Waals surface area contributed by atoms with Crippen LogP contribution in [0.4, 0.5) is 5.13 Å². The number of anilines is 1. The molecule has 2 atom stereocenters. The summed E-state index contributed by atoms with van der Waals surface area (Å²) >= 11 is 0.965. The summed E-state index contributed by atoms with van der Waals surface area (Å²) in [4.78, 5) is 45.2. The molecule has 0 aliphatic carbocycles. The molecule has 9 nitrogen and oxygen atoms in total. The first kappa shape index (κ1) is 25.5. The molecule has 1 fully saturated rings. The predicted molar refractivity (Wildman–Crippen MR) is 141 cm³/mol. The van der Waals surface area contributed by atoms with E-state index < -0.39 is 23.7 Å². The van der Waals surface area contributed by atoms with Crippen molar-refractivity contribution >= 4 is 39.9 Å². The summed E-state index contributed by atoms with van der Waals surface area (Å²) in [5, 5.41) is 11.6. The summed E-state index contributed by atoms with van der Waals surface area (Å²) in [6.45, 7) is 5.48. The minimum absolute atomic E-state index is 0.00834. The summed E-state index contributed by atoms with van der Waals surface area (Å²) in [6.07, 6.45) is 0.677.